The second kappa shape index (κ2) is 9.18. The summed E-state index contributed by atoms with van der Waals surface area (Å²) in [6.07, 6.45) is 5.73. The topological polar surface area (TPSA) is 70.4 Å². The summed E-state index contributed by atoms with van der Waals surface area (Å²) in [4.78, 5) is 4.48. The Labute approximate surface area is 187 Å². The summed E-state index contributed by atoms with van der Waals surface area (Å²) in [5, 5.41) is 8.95. The molecule has 2 aromatic carbocycles. The highest BCUT2D eigenvalue weighted by Gasteiger charge is 2.12. The number of hydrogen-bond acceptors (Lipinski definition) is 6. The van der Waals surface area contributed by atoms with Crippen molar-refractivity contribution >= 4 is 22.3 Å². The second-order valence-electron chi connectivity index (χ2n) is 8.00. The largest absolute Gasteiger partial charge is 0.497 e. The molecule has 0 aliphatic carbocycles. The minimum absolute atomic E-state index is 0.529. The smallest absolute Gasteiger partial charge is 0.162 e. The third-order valence-corrected chi connectivity index (χ3v) is 5.19. The zero-order chi connectivity index (χ0) is 22.7. The Bertz CT molecular complexity index is 1230. The van der Waals surface area contributed by atoms with E-state index in [1.807, 2.05) is 41.2 Å². The van der Waals surface area contributed by atoms with E-state index < -0.39 is 0 Å². The minimum Gasteiger partial charge on any atom is -0.497 e. The first-order valence-electron chi connectivity index (χ1n) is 10.5. The van der Waals surface area contributed by atoms with Gasteiger partial charge < -0.3 is 19.5 Å². The molecule has 0 aliphatic rings. The predicted molar refractivity (Wildman–Crippen MR) is 127 cm³/mol. The molecule has 0 aliphatic heterocycles. The van der Waals surface area contributed by atoms with Crippen molar-refractivity contribution in [2.24, 2.45) is 5.92 Å². The molecule has 32 heavy (non-hydrogen) atoms. The highest BCUT2D eigenvalue weighted by Crippen LogP contribution is 2.36. The molecule has 0 bridgehead atoms. The zero-order valence-corrected chi connectivity index (χ0v) is 19.0. The number of fused-ring (bicyclic) bond motifs is 1. The van der Waals surface area contributed by atoms with Gasteiger partial charge in [-0.25, -0.2) is 0 Å². The number of aromatic nitrogens is 3. The third kappa shape index (κ3) is 4.46. The lowest BCUT2D eigenvalue weighted by atomic mass is 10.1. The van der Waals surface area contributed by atoms with Gasteiger partial charge in [-0.3, -0.25) is 9.67 Å². The number of rotatable bonds is 8. The van der Waals surface area contributed by atoms with Gasteiger partial charge >= 0.3 is 0 Å². The Morgan fingerprint density at radius 1 is 0.938 bits per heavy atom. The van der Waals surface area contributed by atoms with Crippen LogP contribution < -0.4 is 19.5 Å². The van der Waals surface area contributed by atoms with Crippen LogP contribution in [0.3, 0.4) is 0 Å². The monoisotopic (exact) mass is 432 g/mol. The molecule has 0 fully saturated rings. The van der Waals surface area contributed by atoms with Gasteiger partial charge in [0.25, 0.3) is 0 Å². The fourth-order valence-corrected chi connectivity index (χ4v) is 3.68. The van der Waals surface area contributed by atoms with E-state index in [0.717, 1.165) is 45.7 Å². The van der Waals surface area contributed by atoms with Crippen molar-refractivity contribution in [3.05, 3.63) is 55.0 Å². The van der Waals surface area contributed by atoms with Gasteiger partial charge in [0.1, 0.15) is 5.75 Å². The molecule has 7 nitrogen and oxygen atoms in total. The maximum atomic E-state index is 5.56. The number of nitrogens with one attached hydrogen (secondary N) is 1. The first-order valence-corrected chi connectivity index (χ1v) is 10.5. The lowest BCUT2D eigenvalue weighted by molar-refractivity contribution is 0.356. The van der Waals surface area contributed by atoms with Crippen LogP contribution in [0, 0.1) is 5.92 Å². The van der Waals surface area contributed by atoms with Crippen molar-refractivity contribution < 1.29 is 14.2 Å². The Kier molecular flexibility index (Phi) is 6.16. The molecule has 0 radical (unpaired) electrons. The van der Waals surface area contributed by atoms with E-state index in [4.69, 9.17) is 14.2 Å². The molecular formula is C25H28N4O3. The lowest BCUT2D eigenvalue weighted by Gasteiger charge is -2.14. The van der Waals surface area contributed by atoms with E-state index >= 15 is 0 Å². The average molecular weight is 433 g/mol. The van der Waals surface area contributed by atoms with E-state index in [-0.39, 0.29) is 0 Å². The zero-order valence-electron chi connectivity index (χ0n) is 19.0. The molecule has 7 heteroatoms. The van der Waals surface area contributed by atoms with Crippen LogP contribution in [0.2, 0.25) is 0 Å². The summed E-state index contributed by atoms with van der Waals surface area (Å²) >= 11 is 0. The van der Waals surface area contributed by atoms with Gasteiger partial charge in [0.05, 0.1) is 33.0 Å². The van der Waals surface area contributed by atoms with Crippen LogP contribution in [-0.4, -0.2) is 36.1 Å². The number of anilines is 2. The predicted octanol–water partition coefficient (Wildman–Crippen LogP) is 5.52. The van der Waals surface area contributed by atoms with Crippen molar-refractivity contribution in [2.75, 3.05) is 26.6 Å². The quantitative estimate of drug-likeness (QED) is 0.395. The first-order chi connectivity index (χ1) is 15.5. The summed E-state index contributed by atoms with van der Waals surface area (Å²) in [5.74, 6) is 2.59. The highest BCUT2D eigenvalue weighted by molar-refractivity contribution is 5.95. The summed E-state index contributed by atoms with van der Waals surface area (Å²) in [5.41, 5.74) is 4.69. The lowest BCUT2D eigenvalue weighted by Crippen LogP contribution is -2.03. The number of benzene rings is 2. The molecule has 2 aromatic heterocycles. The molecule has 166 valence electrons. The molecule has 0 saturated carbocycles. The number of ether oxygens (including phenoxy) is 3. The summed E-state index contributed by atoms with van der Waals surface area (Å²) in [6, 6.07) is 11.8. The first kappa shape index (κ1) is 21.5. The van der Waals surface area contributed by atoms with Crippen molar-refractivity contribution in [3.8, 4) is 28.4 Å². The highest BCUT2D eigenvalue weighted by atomic mass is 16.5. The molecular weight excluding hydrogens is 404 g/mol. The van der Waals surface area contributed by atoms with Crippen LogP contribution in [0.15, 0.2) is 55.0 Å². The average Bonchev–Trinajstić information content (AvgIpc) is 3.26. The molecule has 0 atom stereocenters. The normalized spacial score (nSPS) is 11.1. The Morgan fingerprint density at radius 2 is 1.72 bits per heavy atom. The fraction of sp³-hybridized carbons (Fsp3) is 0.280. The van der Waals surface area contributed by atoms with E-state index in [1.165, 1.54) is 0 Å². The van der Waals surface area contributed by atoms with Crippen molar-refractivity contribution in [3.63, 3.8) is 0 Å². The van der Waals surface area contributed by atoms with Gasteiger partial charge in [-0.15, -0.1) is 0 Å². The SMILES string of the molecule is COc1cc(Nc2ccnc3cc(OC)c(OC)cc23)cc(-c2cnn(CC(C)C)c2)c1. The van der Waals surface area contributed by atoms with Gasteiger partial charge in [0, 0.05) is 53.4 Å². The number of pyridine rings is 1. The fourth-order valence-electron chi connectivity index (χ4n) is 3.68. The van der Waals surface area contributed by atoms with E-state index in [9.17, 15) is 0 Å². The molecule has 2 heterocycles. The number of hydrogen-bond donors (Lipinski definition) is 1. The molecule has 1 N–H and O–H groups in total. The van der Waals surface area contributed by atoms with Crippen LogP contribution in [0.1, 0.15) is 13.8 Å². The Balaban J connectivity index is 1.72. The van der Waals surface area contributed by atoms with Crippen LogP contribution in [0.25, 0.3) is 22.0 Å². The summed E-state index contributed by atoms with van der Waals surface area (Å²) in [6.45, 7) is 5.24. The standard InChI is InChI=1S/C25H28N4O3/c1-16(2)14-29-15-18(13-27-29)17-8-19(10-20(9-17)30-3)28-22-6-7-26-23-12-25(32-5)24(31-4)11-21(22)23/h6-13,15-16H,14H2,1-5H3,(H,26,28). The summed E-state index contributed by atoms with van der Waals surface area (Å²) in [7, 11) is 4.91. The molecule has 4 rings (SSSR count). The van der Waals surface area contributed by atoms with Gasteiger partial charge in [-0.2, -0.15) is 5.10 Å². The maximum Gasteiger partial charge on any atom is 0.162 e. The van der Waals surface area contributed by atoms with E-state index in [0.29, 0.717) is 17.4 Å². The minimum atomic E-state index is 0.529. The van der Waals surface area contributed by atoms with Gasteiger partial charge in [0.2, 0.25) is 0 Å². The summed E-state index contributed by atoms with van der Waals surface area (Å²) < 4.78 is 18.4. The van der Waals surface area contributed by atoms with Crippen molar-refractivity contribution in [1.82, 2.24) is 14.8 Å². The maximum absolute atomic E-state index is 5.56. The number of nitrogens with zero attached hydrogens (tertiary/aromatic N) is 3. The molecule has 0 amide bonds. The van der Waals surface area contributed by atoms with Crippen molar-refractivity contribution in [2.45, 2.75) is 20.4 Å². The van der Waals surface area contributed by atoms with Crippen molar-refractivity contribution in [1.29, 1.82) is 0 Å². The van der Waals surface area contributed by atoms with Gasteiger partial charge in [-0.05, 0) is 35.7 Å². The van der Waals surface area contributed by atoms with Crippen LogP contribution in [0.5, 0.6) is 17.2 Å². The number of methoxy groups -OCH3 is 3. The van der Waals surface area contributed by atoms with E-state index in [2.05, 4.69) is 41.5 Å². The Morgan fingerprint density at radius 3 is 2.44 bits per heavy atom. The van der Waals surface area contributed by atoms with Gasteiger partial charge in [0.15, 0.2) is 11.5 Å². The van der Waals surface area contributed by atoms with E-state index in [1.54, 1.807) is 27.5 Å². The molecule has 0 saturated heterocycles. The van der Waals surface area contributed by atoms with Crippen LogP contribution in [-0.2, 0) is 6.54 Å². The molecule has 4 aromatic rings. The second-order valence-corrected chi connectivity index (χ2v) is 8.00. The Hall–Kier alpha value is -3.74. The molecule has 0 spiro atoms. The van der Waals surface area contributed by atoms with Crippen LogP contribution >= 0.6 is 0 Å². The third-order valence-electron chi connectivity index (χ3n) is 5.19. The van der Waals surface area contributed by atoms with Crippen LogP contribution in [0.4, 0.5) is 11.4 Å². The van der Waals surface area contributed by atoms with Gasteiger partial charge in [-0.1, -0.05) is 13.8 Å². The molecule has 0 unspecified atom stereocenters.